The van der Waals surface area contributed by atoms with Gasteiger partial charge in [0.2, 0.25) is 0 Å². The van der Waals surface area contributed by atoms with Crippen molar-refractivity contribution >= 4 is 0 Å². The van der Waals surface area contributed by atoms with E-state index in [4.69, 9.17) is 21.7 Å². The van der Waals surface area contributed by atoms with E-state index in [9.17, 15) is 0 Å². The highest BCUT2D eigenvalue weighted by molar-refractivity contribution is 4.41. The second kappa shape index (κ2) is 19.4. The van der Waals surface area contributed by atoms with Crippen molar-refractivity contribution in [1.82, 2.24) is 0 Å². The van der Waals surface area contributed by atoms with Gasteiger partial charge in [0, 0.05) is 13.2 Å². The lowest BCUT2D eigenvalue weighted by Gasteiger charge is -1.93. The van der Waals surface area contributed by atoms with Crippen molar-refractivity contribution in [3.8, 4) is 0 Å². The zero-order chi connectivity index (χ0) is 11.8. The van der Waals surface area contributed by atoms with Crippen LogP contribution in [0.25, 0.3) is 0 Å². The SMILES string of the molecule is NCCCCCCO.NCCCCCO. The first-order chi connectivity index (χ1) is 7.33. The van der Waals surface area contributed by atoms with Gasteiger partial charge in [-0.3, -0.25) is 0 Å². The molecule has 94 valence electrons. The molecule has 0 aliphatic heterocycles. The molecule has 0 saturated heterocycles. The first kappa shape index (κ1) is 17.2. The largest absolute Gasteiger partial charge is 0.396 e. The minimum Gasteiger partial charge on any atom is -0.396 e. The molecule has 0 aromatic carbocycles. The summed E-state index contributed by atoms with van der Waals surface area (Å²) in [6.45, 7) is 2.16. The van der Waals surface area contributed by atoms with Crippen LogP contribution in [0.5, 0.6) is 0 Å². The zero-order valence-corrected chi connectivity index (χ0v) is 9.83. The Morgan fingerprint density at radius 1 is 0.533 bits per heavy atom. The lowest BCUT2D eigenvalue weighted by Crippen LogP contribution is -1.98. The third-order valence-electron chi connectivity index (χ3n) is 1.97. The summed E-state index contributed by atoms with van der Waals surface area (Å²) < 4.78 is 0. The molecule has 0 radical (unpaired) electrons. The van der Waals surface area contributed by atoms with Gasteiger partial charge in [0.1, 0.15) is 0 Å². The van der Waals surface area contributed by atoms with Crippen LogP contribution in [0.2, 0.25) is 0 Å². The third kappa shape index (κ3) is 24.8. The minimum atomic E-state index is 0.306. The van der Waals surface area contributed by atoms with E-state index in [0.717, 1.165) is 58.0 Å². The summed E-state index contributed by atoms with van der Waals surface area (Å²) in [5.74, 6) is 0. The minimum absolute atomic E-state index is 0.306. The van der Waals surface area contributed by atoms with Crippen LogP contribution >= 0.6 is 0 Å². The predicted molar refractivity (Wildman–Crippen MR) is 64.6 cm³/mol. The fourth-order valence-electron chi connectivity index (χ4n) is 1.04. The second-order valence-electron chi connectivity index (χ2n) is 3.50. The maximum absolute atomic E-state index is 8.33. The second-order valence-corrected chi connectivity index (χ2v) is 3.50. The Hall–Kier alpha value is -0.160. The highest BCUT2D eigenvalue weighted by Crippen LogP contribution is 1.96. The molecule has 0 fully saturated rings. The van der Waals surface area contributed by atoms with Crippen LogP contribution < -0.4 is 11.5 Å². The summed E-state index contributed by atoms with van der Waals surface area (Å²) in [6.07, 6.45) is 7.32. The molecule has 0 heterocycles. The van der Waals surface area contributed by atoms with Crippen LogP contribution in [-0.2, 0) is 0 Å². The van der Waals surface area contributed by atoms with E-state index in [0.29, 0.717) is 13.2 Å². The zero-order valence-electron chi connectivity index (χ0n) is 9.83. The first-order valence-electron chi connectivity index (χ1n) is 5.95. The van der Waals surface area contributed by atoms with Gasteiger partial charge in [-0.15, -0.1) is 0 Å². The molecule has 4 heteroatoms. The van der Waals surface area contributed by atoms with Crippen molar-refractivity contribution in [2.24, 2.45) is 11.5 Å². The van der Waals surface area contributed by atoms with Gasteiger partial charge >= 0.3 is 0 Å². The number of aliphatic hydroxyl groups excluding tert-OH is 2. The van der Waals surface area contributed by atoms with Crippen LogP contribution in [0.3, 0.4) is 0 Å². The molecular formula is C11H28N2O2. The molecule has 0 unspecified atom stereocenters. The summed E-state index contributed by atoms with van der Waals surface area (Å²) in [6, 6.07) is 0. The smallest absolute Gasteiger partial charge is 0.0431 e. The number of rotatable bonds is 9. The molecule has 0 atom stereocenters. The van der Waals surface area contributed by atoms with Gasteiger partial charge in [-0.25, -0.2) is 0 Å². The number of aliphatic hydroxyl groups is 2. The lowest BCUT2D eigenvalue weighted by atomic mass is 10.2. The van der Waals surface area contributed by atoms with E-state index < -0.39 is 0 Å². The number of hydrogen-bond acceptors (Lipinski definition) is 4. The molecular weight excluding hydrogens is 192 g/mol. The third-order valence-corrected chi connectivity index (χ3v) is 1.97. The molecule has 0 aliphatic carbocycles. The quantitative estimate of drug-likeness (QED) is 0.428. The fraction of sp³-hybridized carbons (Fsp3) is 1.00. The van der Waals surface area contributed by atoms with Gasteiger partial charge in [0.25, 0.3) is 0 Å². The molecule has 6 N–H and O–H groups in total. The molecule has 0 rings (SSSR count). The molecule has 0 saturated carbocycles. The molecule has 0 spiro atoms. The van der Waals surface area contributed by atoms with Crippen LogP contribution in [0.1, 0.15) is 44.9 Å². The summed E-state index contributed by atoms with van der Waals surface area (Å²) >= 11 is 0. The predicted octanol–water partition coefficient (Wildman–Crippen LogP) is 0.605. The highest BCUT2D eigenvalue weighted by atomic mass is 16.3. The average molecular weight is 220 g/mol. The van der Waals surface area contributed by atoms with E-state index >= 15 is 0 Å². The van der Waals surface area contributed by atoms with Gasteiger partial charge in [-0.1, -0.05) is 12.8 Å². The number of hydrogen-bond donors (Lipinski definition) is 4. The van der Waals surface area contributed by atoms with Gasteiger partial charge in [-0.05, 0) is 45.2 Å². The van der Waals surface area contributed by atoms with Gasteiger partial charge in [0.05, 0.1) is 0 Å². The molecule has 0 aromatic rings. The normalized spacial score (nSPS) is 9.60. The fourth-order valence-corrected chi connectivity index (χ4v) is 1.04. The Morgan fingerprint density at radius 3 is 1.20 bits per heavy atom. The first-order valence-corrected chi connectivity index (χ1v) is 5.95. The Labute approximate surface area is 93.7 Å². The van der Waals surface area contributed by atoms with Crippen molar-refractivity contribution in [2.45, 2.75) is 44.9 Å². The highest BCUT2D eigenvalue weighted by Gasteiger charge is 1.84. The van der Waals surface area contributed by atoms with Crippen LogP contribution in [0, 0.1) is 0 Å². The van der Waals surface area contributed by atoms with E-state index in [1.54, 1.807) is 0 Å². The number of nitrogens with two attached hydrogens (primary N) is 2. The van der Waals surface area contributed by atoms with Crippen molar-refractivity contribution in [1.29, 1.82) is 0 Å². The Balaban J connectivity index is 0. The number of unbranched alkanes of at least 4 members (excludes halogenated alkanes) is 5. The molecule has 0 aliphatic rings. The summed E-state index contributed by atoms with van der Waals surface area (Å²) in [5.41, 5.74) is 10.4. The Bertz CT molecular complexity index is 82.7. The van der Waals surface area contributed by atoms with E-state index in [1.807, 2.05) is 0 Å². The summed E-state index contributed by atoms with van der Waals surface area (Å²) in [7, 11) is 0. The van der Waals surface area contributed by atoms with Crippen LogP contribution in [0.15, 0.2) is 0 Å². The standard InChI is InChI=1S/C6H15NO.C5H13NO/c7-5-3-1-2-4-6-8;6-4-2-1-3-5-7/h8H,1-7H2;7H,1-6H2. The molecule has 0 bridgehead atoms. The van der Waals surface area contributed by atoms with E-state index in [-0.39, 0.29) is 0 Å². The van der Waals surface area contributed by atoms with E-state index in [1.165, 1.54) is 0 Å². The Morgan fingerprint density at radius 2 is 0.867 bits per heavy atom. The van der Waals surface area contributed by atoms with E-state index in [2.05, 4.69) is 0 Å². The van der Waals surface area contributed by atoms with Gasteiger partial charge < -0.3 is 21.7 Å². The average Bonchev–Trinajstić information content (AvgIpc) is 2.26. The maximum atomic E-state index is 8.33. The lowest BCUT2D eigenvalue weighted by molar-refractivity contribution is 0.282. The van der Waals surface area contributed by atoms with Gasteiger partial charge in [0.15, 0.2) is 0 Å². The van der Waals surface area contributed by atoms with Crippen molar-refractivity contribution < 1.29 is 10.2 Å². The molecule has 0 amide bonds. The van der Waals surface area contributed by atoms with Gasteiger partial charge in [-0.2, -0.15) is 0 Å². The van der Waals surface area contributed by atoms with Crippen molar-refractivity contribution in [3.63, 3.8) is 0 Å². The Kier molecular flexibility index (Phi) is 22.3. The molecule has 4 nitrogen and oxygen atoms in total. The summed E-state index contributed by atoms with van der Waals surface area (Å²) in [4.78, 5) is 0. The molecule has 0 aromatic heterocycles. The van der Waals surface area contributed by atoms with Crippen LogP contribution in [-0.4, -0.2) is 36.5 Å². The monoisotopic (exact) mass is 220 g/mol. The maximum Gasteiger partial charge on any atom is 0.0431 e. The summed E-state index contributed by atoms with van der Waals surface area (Å²) in [5, 5.41) is 16.6. The van der Waals surface area contributed by atoms with Crippen molar-refractivity contribution in [2.75, 3.05) is 26.3 Å². The van der Waals surface area contributed by atoms with Crippen LogP contribution in [0.4, 0.5) is 0 Å². The van der Waals surface area contributed by atoms with Crippen molar-refractivity contribution in [3.05, 3.63) is 0 Å². The topological polar surface area (TPSA) is 92.5 Å². The molecule has 15 heavy (non-hydrogen) atoms.